The van der Waals surface area contributed by atoms with Crippen LogP contribution in [-0.2, 0) is 4.74 Å². The number of rotatable bonds is 5. The Balaban J connectivity index is 1.83. The summed E-state index contributed by atoms with van der Waals surface area (Å²) in [5, 5.41) is 3.29. The number of piperidine rings is 1. The van der Waals surface area contributed by atoms with E-state index in [-0.39, 0.29) is 0 Å². The maximum atomic E-state index is 5.35. The third-order valence-corrected chi connectivity index (χ3v) is 4.84. The van der Waals surface area contributed by atoms with E-state index in [0.717, 1.165) is 18.6 Å². The molecule has 1 heterocycles. The summed E-state index contributed by atoms with van der Waals surface area (Å²) in [6.07, 6.45) is 8.74. The summed E-state index contributed by atoms with van der Waals surface area (Å²) in [6, 6.07) is 0.559. The highest BCUT2D eigenvalue weighted by Gasteiger charge is 2.38. The average Bonchev–Trinajstić information content (AvgIpc) is 2.79. The normalized spacial score (nSPS) is 26.5. The van der Waals surface area contributed by atoms with Gasteiger partial charge in [0.2, 0.25) is 0 Å². The van der Waals surface area contributed by atoms with Crippen LogP contribution in [-0.4, -0.2) is 51.3 Å². The first-order valence-electron chi connectivity index (χ1n) is 7.17. The number of likely N-dealkylation sites (N-methyl/N-ethyl adjacent to an activating group) is 1. The molecule has 1 N–H and O–H groups in total. The molecule has 1 saturated carbocycles. The standard InChI is InChI=1S/C14H28N2O/c1-15-11-13(12-17-2)16-9-7-14(8-10-16)5-3-4-6-14/h13,15H,3-12H2,1-2H3. The van der Waals surface area contributed by atoms with Gasteiger partial charge < -0.3 is 10.1 Å². The molecule has 0 radical (unpaired) electrons. The highest BCUT2D eigenvalue weighted by atomic mass is 16.5. The third kappa shape index (κ3) is 3.21. The summed E-state index contributed by atoms with van der Waals surface area (Å²) in [5.74, 6) is 0. The fourth-order valence-electron chi connectivity index (χ4n) is 3.71. The molecular formula is C14H28N2O. The Morgan fingerprint density at radius 2 is 1.82 bits per heavy atom. The molecule has 0 bridgehead atoms. The topological polar surface area (TPSA) is 24.5 Å². The van der Waals surface area contributed by atoms with Crippen LogP contribution in [0.15, 0.2) is 0 Å². The minimum atomic E-state index is 0.559. The second kappa shape index (κ2) is 6.17. The van der Waals surface area contributed by atoms with Crippen LogP contribution in [0.2, 0.25) is 0 Å². The van der Waals surface area contributed by atoms with Crippen molar-refractivity contribution in [2.24, 2.45) is 5.41 Å². The predicted octanol–water partition coefficient (Wildman–Crippen LogP) is 1.88. The molecule has 3 heteroatoms. The molecule has 1 atom stereocenters. The summed E-state index contributed by atoms with van der Waals surface area (Å²) in [5.41, 5.74) is 0.730. The van der Waals surface area contributed by atoms with Gasteiger partial charge in [-0.25, -0.2) is 0 Å². The van der Waals surface area contributed by atoms with Gasteiger partial charge in [-0.3, -0.25) is 4.90 Å². The fourth-order valence-corrected chi connectivity index (χ4v) is 3.71. The van der Waals surface area contributed by atoms with Crippen molar-refractivity contribution in [2.75, 3.05) is 40.4 Å². The van der Waals surface area contributed by atoms with Gasteiger partial charge in [-0.05, 0) is 51.2 Å². The van der Waals surface area contributed by atoms with Gasteiger partial charge in [0, 0.05) is 19.7 Å². The van der Waals surface area contributed by atoms with E-state index < -0.39 is 0 Å². The van der Waals surface area contributed by atoms with Gasteiger partial charge in [0.05, 0.1) is 6.61 Å². The number of nitrogens with one attached hydrogen (secondary N) is 1. The van der Waals surface area contributed by atoms with E-state index in [1.165, 1.54) is 51.6 Å². The zero-order valence-electron chi connectivity index (χ0n) is 11.5. The minimum absolute atomic E-state index is 0.559. The monoisotopic (exact) mass is 240 g/mol. The zero-order chi connectivity index (χ0) is 12.1. The van der Waals surface area contributed by atoms with Gasteiger partial charge in [-0.1, -0.05) is 12.8 Å². The summed E-state index contributed by atoms with van der Waals surface area (Å²) in [6.45, 7) is 4.44. The van der Waals surface area contributed by atoms with E-state index in [9.17, 15) is 0 Å². The summed E-state index contributed by atoms with van der Waals surface area (Å²) < 4.78 is 5.35. The number of ether oxygens (including phenoxy) is 1. The van der Waals surface area contributed by atoms with E-state index in [0.29, 0.717) is 6.04 Å². The Morgan fingerprint density at radius 3 is 2.35 bits per heavy atom. The molecule has 0 aromatic carbocycles. The molecule has 2 rings (SSSR count). The lowest BCUT2D eigenvalue weighted by molar-refractivity contribution is 0.0382. The quantitative estimate of drug-likeness (QED) is 0.794. The summed E-state index contributed by atoms with van der Waals surface area (Å²) in [4.78, 5) is 2.63. The first kappa shape index (κ1) is 13.3. The molecule has 17 heavy (non-hydrogen) atoms. The van der Waals surface area contributed by atoms with Crippen molar-refractivity contribution in [3.05, 3.63) is 0 Å². The number of nitrogens with zero attached hydrogens (tertiary/aromatic N) is 1. The van der Waals surface area contributed by atoms with Gasteiger partial charge in [0.25, 0.3) is 0 Å². The SMILES string of the molecule is CNCC(COC)N1CCC2(CCCC2)CC1. The smallest absolute Gasteiger partial charge is 0.0630 e. The molecule has 1 aliphatic heterocycles. The Bertz CT molecular complexity index is 210. The van der Waals surface area contributed by atoms with Crippen molar-refractivity contribution in [3.63, 3.8) is 0 Å². The molecule has 100 valence electrons. The average molecular weight is 240 g/mol. The van der Waals surface area contributed by atoms with Crippen molar-refractivity contribution >= 4 is 0 Å². The van der Waals surface area contributed by atoms with Crippen molar-refractivity contribution < 1.29 is 4.74 Å². The van der Waals surface area contributed by atoms with Crippen LogP contribution < -0.4 is 5.32 Å². The van der Waals surface area contributed by atoms with Crippen LogP contribution >= 0.6 is 0 Å². The van der Waals surface area contributed by atoms with Gasteiger partial charge >= 0.3 is 0 Å². The predicted molar refractivity (Wildman–Crippen MR) is 71.3 cm³/mol. The molecule has 0 amide bonds. The number of methoxy groups -OCH3 is 1. The highest BCUT2D eigenvalue weighted by Crippen LogP contribution is 2.46. The summed E-state index contributed by atoms with van der Waals surface area (Å²) >= 11 is 0. The Morgan fingerprint density at radius 1 is 1.18 bits per heavy atom. The van der Waals surface area contributed by atoms with Crippen LogP contribution in [0.4, 0.5) is 0 Å². The zero-order valence-corrected chi connectivity index (χ0v) is 11.5. The van der Waals surface area contributed by atoms with Crippen molar-refractivity contribution in [2.45, 2.75) is 44.6 Å². The van der Waals surface area contributed by atoms with E-state index in [2.05, 4.69) is 10.2 Å². The van der Waals surface area contributed by atoms with Crippen LogP contribution in [0, 0.1) is 5.41 Å². The first-order valence-corrected chi connectivity index (χ1v) is 7.17. The molecular weight excluding hydrogens is 212 g/mol. The second-order valence-corrected chi connectivity index (χ2v) is 5.91. The van der Waals surface area contributed by atoms with Gasteiger partial charge in [0.1, 0.15) is 0 Å². The molecule has 2 fully saturated rings. The van der Waals surface area contributed by atoms with E-state index >= 15 is 0 Å². The van der Waals surface area contributed by atoms with E-state index in [1.807, 2.05) is 14.2 Å². The van der Waals surface area contributed by atoms with Gasteiger partial charge in [-0.15, -0.1) is 0 Å². The molecule has 1 aliphatic carbocycles. The molecule has 1 spiro atoms. The molecule has 1 unspecified atom stereocenters. The van der Waals surface area contributed by atoms with E-state index in [4.69, 9.17) is 4.74 Å². The third-order valence-electron chi connectivity index (χ3n) is 4.84. The largest absolute Gasteiger partial charge is 0.383 e. The van der Waals surface area contributed by atoms with Gasteiger partial charge in [-0.2, -0.15) is 0 Å². The van der Waals surface area contributed by atoms with Crippen LogP contribution in [0.25, 0.3) is 0 Å². The van der Waals surface area contributed by atoms with Crippen molar-refractivity contribution in [1.82, 2.24) is 10.2 Å². The highest BCUT2D eigenvalue weighted by molar-refractivity contribution is 4.91. The molecule has 0 aromatic heterocycles. The maximum Gasteiger partial charge on any atom is 0.0630 e. The lowest BCUT2D eigenvalue weighted by Gasteiger charge is -2.42. The lowest BCUT2D eigenvalue weighted by atomic mass is 9.77. The number of hydrogen-bond acceptors (Lipinski definition) is 3. The Labute approximate surface area is 106 Å². The molecule has 2 aliphatic rings. The minimum Gasteiger partial charge on any atom is -0.383 e. The Hall–Kier alpha value is -0.120. The molecule has 0 aromatic rings. The summed E-state index contributed by atoms with van der Waals surface area (Å²) in [7, 11) is 3.84. The fraction of sp³-hybridized carbons (Fsp3) is 1.00. The van der Waals surface area contributed by atoms with Crippen LogP contribution in [0.1, 0.15) is 38.5 Å². The van der Waals surface area contributed by atoms with E-state index in [1.54, 1.807) is 0 Å². The van der Waals surface area contributed by atoms with Crippen LogP contribution in [0.3, 0.4) is 0 Å². The number of hydrogen-bond donors (Lipinski definition) is 1. The van der Waals surface area contributed by atoms with Crippen molar-refractivity contribution in [1.29, 1.82) is 0 Å². The Kier molecular flexibility index (Phi) is 4.83. The maximum absolute atomic E-state index is 5.35. The number of likely N-dealkylation sites (tertiary alicyclic amines) is 1. The van der Waals surface area contributed by atoms with Crippen LogP contribution in [0.5, 0.6) is 0 Å². The first-order chi connectivity index (χ1) is 8.29. The molecule has 3 nitrogen and oxygen atoms in total. The van der Waals surface area contributed by atoms with Crippen molar-refractivity contribution in [3.8, 4) is 0 Å². The lowest BCUT2D eigenvalue weighted by Crippen LogP contribution is -2.49. The molecule has 1 saturated heterocycles. The second-order valence-electron chi connectivity index (χ2n) is 5.91. The van der Waals surface area contributed by atoms with Gasteiger partial charge in [0.15, 0.2) is 0 Å².